The molecule has 1 heterocycles. The summed E-state index contributed by atoms with van der Waals surface area (Å²) >= 11 is 0. The highest BCUT2D eigenvalue weighted by atomic mass is 16.8. The van der Waals surface area contributed by atoms with Crippen LogP contribution in [0.4, 0.5) is 0 Å². The molecule has 0 aromatic heterocycles. The molecule has 0 spiro atoms. The second-order valence-electron chi connectivity index (χ2n) is 7.22. The van der Waals surface area contributed by atoms with Crippen molar-refractivity contribution in [2.45, 2.75) is 76.2 Å². The van der Waals surface area contributed by atoms with Crippen LogP contribution >= 0.6 is 0 Å². The van der Waals surface area contributed by atoms with Gasteiger partial charge >= 0.3 is 0 Å². The number of hydrogen-bond donors (Lipinski definition) is 1. The average molecular weight is 298 g/mol. The maximum atomic E-state index is 12.3. The van der Waals surface area contributed by atoms with E-state index in [2.05, 4.69) is 0 Å². The fourth-order valence-corrected chi connectivity index (χ4v) is 4.35. The molecule has 5 nitrogen and oxygen atoms in total. The Morgan fingerprint density at radius 2 is 2.10 bits per heavy atom. The van der Waals surface area contributed by atoms with E-state index in [9.17, 15) is 9.90 Å². The minimum atomic E-state index is -1.18. The monoisotopic (exact) mass is 298 g/mol. The number of ketones is 1. The van der Waals surface area contributed by atoms with Crippen LogP contribution in [-0.4, -0.2) is 47.7 Å². The molecule has 2 aliphatic carbocycles. The molecule has 0 unspecified atom stereocenters. The lowest BCUT2D eigenvalue weighted by atomic mass is 9.61. The Labute approximate surface area is 125 Å². The second-order valence-corrected chi connectivity index (χ2v) is 7.22. The van der Waals surface area contributed by atoms with Crippen molar-refractivity contribution in [3.05, 3.63) is 0 Å². The molecule has 0 amide bonds. The summed E-state index contributed by atoms with van der Waals surface area (Å²) in [6.07, 6.45) is 1.82. The van der Waals surface area contributed by atoms with E-state index in [1.165, 1.54) is 0 Å². The predicted molar refractivity (Wildman–Crippen MR) is 75.7 cm³/mol. The first-order chi connectivity index (χ1) is 9.78. The number of rotatable bonds is 2. The zero-order valence-electron chi connectivity index (χ0n) is 13.3. The molecular formula is C16H26O5. The van der Waals surface area contributed by atoms with E-state index >= 15 is 0 Å². The van der Waals surface area contributed by atoms with Crippen LogP contribution in [0, 0.1) is 11.8 Å². The number of carbonyl (C=O) groups excluding carboxylic acids is 1. The molecule has 3 aliphatic rings. The van der Waals surface area contributed by atoms with Gasteiger partial charge in [0, 0.05) is 19.4 Å². The number of hydrogen-bond acceptors (Lipinski definition) is 5. The maximum Gasteiger partial charge on any atom is 0.163 e. The van der Waals surface area contributed by atoms with Crippen molar-refractivity contribution >= 4 is 5.78 Å². The summed E-state index contributed by atoms with van der Waals surface area (Å²) in [5.41, 5.74) is -1.18. The fourth-order valence-electron chi connectivity index (χ4n) is 4.35. The van der Waals surface area contributed by atoms with Crippen molar-refractivity contribution in [1.82, 2.24) is 0 Å². The molecule has 3 rings (SSSR count). The third kappa shape index (κ3) is 2.34. The third-order valence-corrected chi connectivity index (χ3v) is 5.54. The van der Waals surface area contributed by atoms with Crippen molar-refractivity contribution in [3.8, 4) is 0 Å². The molecule has 1 N–H and O–H groups in total. The van der Waals surface area contributed by atoms with Crippen LogP contribution in [0.1, 0.15) is 46.5 Å². The van der Waals surface area contributed by atoms with Gasteiger partial charge in [-0.1, -0.05) is 0 Å². The Balaban J connectivity index is 1.98. The summed E-state index contributed by atoms with van der Waals surface area (Å²) < 4.78 is 17.5. The van der Waals surface area contributed by atoms with E-state index in [4.69, 9.17) is 14.2 Å². The zero-order chi connectivity index (χ0) is 15.4. The van der Waals surface area contributed by atoms with Gasteiger partial charge in [-0.15, -0.1) is 0 Å². The van der Waals surface area contributed by atoms with Gasteiger partial charge in [-0.05, 0) is 46.0 Å². The van der Waals surface area contributed by atoms with Gasteiger partial charge in [0.15, 0.2) is 5.79 Å². The summed E-state index contributed by atoms with van der Waals surface area (Å²) in [5.74, 6) is -0.464. The molecule has 0 aromatic rings. The van der Waals surface area contributed by atoms with Crippen molar-refractivity contribution in [2.75, 3.05) is 7.11 Å². The zero-order valence-corrected chi connectivity index (χ0v) is 13.3. The first-order valence-corrected chi connectivity index (χ1v) is 7.92. The molecule has 120 valence electrons. The van der Waals surface area contributed by atoms with Crippen LogP contribution in [-0.2, 0) is 19.0 Å². The summed E-state index contributed by atoms with van der Waals surface area (Å²) in [6, 6.07) is 0. The Morgan fingerprint density at radius 3 is 2.76 bits per heavy atom. The van der Waals surface area contributed by atoms with Crippen molar-refractivity contribution in [3.63, 3.8) is 0 Å². The van der Waals surface area contributed by atoms with Crippen LogP contribution < -0.4 is 0 Å². The van der Waals surface area contributed by atoms with Gasteiger partial charge < -0.3 is 19.3 Å². The first kappa shape index (κ1) is 15.4. The van der Waals surface area contributed by atoms with Crippen LogP contribution in [0.5, 0.6) is 0 Å². The van der Waals surface area contributed by atoms with Crippen LogP contribution in [0.15, 0.2) is 0 Å². The van der Waals surface area contributed by atoms with Crippen molar-refractivity contribution < 1.29 is 24.1 Å². The minimum absolute atomic E-state index is 0.139. The van der Waals surface area contributed by atoms with Crippen molar-refractivity contribution in [2.24, 2.45) is 11.8 Å². The maximum absolute atomic E-state index is 12.3. The van der Waals surface area contributed by atoms with Crippen LogP contribution in [0.2, 0.25) is 0 Å². The number of methoxy groups -OCH3 is 1. The van der Waals surface area contributed by atoms with Gasteiger partial charge in [0.05, 0.1) is 12.2 Å². The normalized spacial score (nSPS) is 46.8. The number of aliphatic hydroxyl groups is 1. The third-order valence-electron chi connectivity index (χ3n) is 5.54. The lowest BCUT2D eigenvalue weighted by molar-refractivity contribution is -0.209. The number of ether oxygens (including phenoxy) is 3. The molecule has 6 atom stereocenters. The number of carbonyl (C=O) groups is 1. The summed E-state index contributed by atoms with van der Waals surface area (Å²) in [6.45, 7) is 5.56. The van der Waals surface area contributed by atoms with Gasteiger partial charge in [0.25, 0.3) is 0 Å². The van der Waals surface area contributed by atoms with E-state index in [1.54, 1.807) is 7.11 Å². The Kier molecular flexibility index (Phi) is 3.68. The standard InChI is InChI=1S/C16H26O5/c1-9(19-4)16(18)8-11-10(6-5-7-12(11)17)13-14(16)21-15(2,3)20-13/h9-11,13-14,18H,5-8H2,1-4H3/t9-,10+,11+,13-,14-,16-/m1/s1. The molecule has 0 aromatic carbocycles. The smallest absolute Gasteiger partial charge is 0.163 e. The fraction of sp³-hybridized carbons (Fsp3) is 0.938. The van der Waals surface area contributed by atoms with E-state index in [1.807, 2.05) is 20.8 Å². The molecule has 0 bridgehead atoms. The Morgan fingerprint density at radius 1 is 1.38 bits per heavy atom. The van der Waals surface area contributed by atoms with E-state index in [0.717, 1.165) is 12.8 Å². The Bertz CT molecular complexity index is 434. The van der Waals surface area contributed by atoms with E-state index in [0.29, 0.717) is 12.8 Å². The summed E-state index contributed by atoms with van der Waals surface area (Å²) in [4.78, 5) is 12.3. The topological polar surface area (TPSA) is 65.0 Å². The molecule has 2 saturated carbocycles. The van der Waals surface area contributed by atoms with Crippen LogP contribution in [0.3, 0.4) is 0 Å². The highest BCUT2D eigenvalue weighted by molar-refractivity contribution is 5.82. The highest BCUT2D eigenvalue weighted by Crippen LogP contribution is 2.51. The van der Waals surface area contributed by atoms with Crippen molar-refractivity contribution in [1.29, 1.82) is 0 Å². The summed E-state index contributed by atoms with van der Waals surface area (Å²) in [7, 11) is 1.58. The van der Waals surface area contributed by atoms with E-state index < -0.39 is 23.6 Å². The molecule has 3 fully saturated rings. The molecule has 21 heavy (non-hydrogen) atoms. The second kappa shape index (κ2) is 5.01. The lowest BCUT2D eigenvalue weighted by Crippen LogP contribution is -2.64. The molecular weight excluding hydrogens is 272 g/mol. The quantitative estimate of drug-likeness (QED) is 0.840. The van der Waals surface area contributed by atoms with Gasteiger partial charge in [0.2, 0.25) is 0 Å². The van der Waals surface area contributed by atoms with E-state index in [-0.39, 0.29) is 23.7 Å². The van der Waals surface area contributed by atoms with Crippen LogP contribution in [0.25, 0.3) is 0 Å². The SMILES string of the molecule is CO[C@H](C)[C@]1(O)C[C@@H]2C(=O)CCC[C@@H]2[C@H]2OC(C)(C)O[C@H]21. The number of Topliss-reactive ketones (excluding diaryl/α,β-unsaturated/α-hetero) is 1. The lowest BCUT2D eigenvalue weighted by Gasteiger charge is -2.50. The summed E-state index contributed by atoms with van der Waals surface area (Å²) in [5, 5.41) is 11.2. The Hall–Kier alpha value is -0.490. The van der Waals surface area contributed by atoms with Gasteiger partial charge in [-0.3, -0.25) is 4.79 Å². The minimum Gasteiger partial charge on any atom is -0.384 e. The van der Waals surface area contributed by atoms with Gasteiger partial charge in [-0.2, -0.15) is 0 Å². The first-order valence-electron chi connectivity index (χ1n) is 7.92. The van der Waals surface area contributed by atoms with Gasteiger partial charge in [-0.25, -0.2) is 0 Å². The van der Waals surface area contributed by atoms with Gasteiger partial charge in [0.1, 0.15) is 17.5 Å². The molecule has 0 radical (unpaired) electrons. The largest absolute Gasteiger partial charge is 0.384 e. The molecule has 1 aliphatic heterocycles. The molecule has 1 saturated heterocycles. The number of fused-ring (bicyclic) bond motifs is 3. The predicted octanol–water partition coefficient (Wildman–Crippen LogP) is 1.66. The highest BCUT2D eigenvalue weighted by Gasteiger charge is 2.63. The average Bonchev–Trinajstić information content (AvgIpc) is 2.76. The molecule has 5 heteroatoms.